The molecular formula is C13H22N4S. The fraction of sp³-hybridized carbons (Fsp3) is 0.692. The van der Waals surface area contributed by atoms with E-state index in [0.717, 1.165) is 16.9 Å². The molecule has 0 bridgehead atoms. The van der Waals surface area contributed by atoms with Gasteiger partial charge in [-0.2, -0.15) is 0 Å². The molecule has 1 saturated carbocycles. The fourth-order valence-corrected chi connectivity index (χ4v) is 2.90. The number of hydrogen-bond donors (Lipinski definition) is 1. The minimum Gasteiger partial charge on any atom is -0.383 e. The smallest absolute Gasteiger partial charge is 0.191 e. The Hall–Kier alpha value is -0.970. The van der Waals surface area contributed by atoms with Crippen LogP contribution in [0, 0.1) is 5.92 Å². The summed E-state index contributed by atoms with van der Waals surface area (Å²) >= 11 is 1.53. The third kappa shape index (κ3) is 3.07. The molecule has 100 valence electrons. The summed E-state index contributed by atoms with van der Waals surface area (Å²) in [7, 11) is 2.12. The van der Waals surface area contributed by atoms with E-state index in [9.17, 15) is 0 Å². The maximum Gasteiger partial charge on any atom is 0.191 e. The molecule has 0 atom stereocenters. The van der Waals surface area contributed by atoms with Gasteiger partial charge in [-0.05, 0) is 37.9 Å². The quantitative estimate of drug-likeness (QED) is 0.673. The van der Waals surface area contributed by atoms with E-state index < -0.39 is 0 Å². The monoisotopic (exact) mass is 266 g/mol. The van der Waals surface area contributed by atoms with Gasteiger partial charge in [-0.25, -0.2) is 9.97 Å². The Balaban J connectivity index is 2.12. The maximum atomic E-state index is 5.83. The largest absolute Gasteiger partial charge is 0.383 e. The van der Waals surface area contributed by atoms with E-state index in [1.54, 1.807) is 0 Å². The molecule has 1 aromatic heterocycles. The van der Waals surface area contributed by atoms with E-state index in [1.807, 2.05) is 12.3 Å². The first-order chi connectivity index (χ1) is 8.60. The van der Waals surface area contributed by atoms with Crippen LogP contribution in [0.3, 0.4) is 0 Å². The Bertz CT molecular complexity index is 402. The van der Waals surface area contributed by atoms with E-state index in [0.29, 0.717) is 11.9 Å². The first kappa shape index (κ1) is 13.5. The molecule has 0 aliphatic heterocycles. The highest BCUT2D eigenvalue weighted by Gasteiger charge is 2.23. The van der Waals surface area contributed by atoms with Crippen LogP contribution >= 0.6 is 11.8 Å². The van der Waals surface area contributed by atoms with Gasteiger partial charge in [0.25, 0.3) is 0 Å². The highest BCUT2D eigenvalue weighted by molar-refractivity contribution is 7.98. The number of rotatable bonds is 3. The van der Waals surface area contributed by atoms with Crippen LogP contribution in [-0.4, -0.2) is 29.3 Å². The van der Waals surface area contributed by atoms with Crippen LogP contribution in [0.1, 0.15) is 32.6 Å². The number of hydrogen-bond acceptors (Lipinski definition) is 5. The molecule has 1 aromatic rings. The average molecular weight is 266 g/mol. The molecule has 18 heavy (non-hydrogen) atoms. The molecule has 1 aliphatic rings. The molecular weight excluding hydrogens is 244 g/mol. The van der Waals surface area contributed by atoms with Gasteiger partial charge >= 0.3 is 0 Å². The zero-order valence-electron chi connectivity index (χ0n) is 11.4. The second kappa shape index (κ2) is 5.78. The van der Waals surface area contributed by atoms with E-state index >= 15 is 0 Å². The van der Waals surface area contributed by atoms with E-state index in [4.69, 9.17) is 5.73 Å². The van der Waals surface area contributed by atoms with E-state index in [2.05, 4.69) is 28.8 Å². The van der Waals surface area contributed by atoms with Gasteiger partial charge in [0.05, 0.1) is 0 Å². The summed E-state index contributed by atoms with van der Waals surface area (Å²) in [6.45, 7) is 2.34. The van der Waals surface area contributed by atoms with Gasteiger partial charge in [0, 0.05) is 19.2 Å². The lowest BCUT2D eigenvalue weighted by molar-refractivity contribution is 0.339. The van der Waals surface area contributed by atoms with Crippen molar-refractivity contribution in [2.75, 3.05) is 23.9 Å². The molecule has 2 rings (SSSR count). The third-order valence-electron chi connectivity index (χ3n) is 3.79. The number of nitrogen functional groups attached to an aromatic ring is 1. The Morgan fingerprint density at radius 3 is 2.56 bits per heavy atom. The summed E-state index contributed by atoms with van der Waals surface area (Å²) in [6, 6.07) is 2.46. The number of nitrogens with zero attached hydrogens (tertiary/aromatic N) is 3. The van der Waals surface area contributed by atoms with Crippen molar-refractivity contribution in [1.82, 2.24) is 9.97 Å². The van der Waals surface area contributed by atoms with Gasteiger partial charge in [-0.15, -0.1) is 0 Å². The molecule has 0 amide bonds. The topological polar surface area (TPSA) is 55.0 Å². The van der Waals surface area contributed by atoms with Gasteiger partial charge in [0.1, 0.15) is 11.6 Å². The van der Waals surface area contributed by atoms with Crippen molar-refractivity contribution in [2.45, 2.75) is 43.8 Å². The fourth-order valence-electron chi connectivity index (χ4n) is 2.52. The SMILES string of the molecule is CSc1nc(N)cc(N(C)C2CCC(C)CC2)n1. The van der Waals surface area contributed by atoms with Gasteiger partial charge in [0.2, 0.25) is 0 Å². The van der Waals surface area contributed by atoms with Crippen LogP contribution in [-0.2, 0) is 0 Å². The lowest BCUT2D eigenvalue weighted by Crippen LogP contribution is -2.35. The Morgan fingerprint density at radius 1 is 1.28 bits per heavy atom. The summed E-state index contributed by atoms with van der Waals surface area (Å²) in [5, 5.41) is 0.751. The summed E-state index contributed by atoms with van der Waals surface area (Å²) in [5.41, 5.74) is 5.83. The van der Waals surface area contributed by atoms with Crippen molar-refractivity contribution in [3.05, 3.63) is 6.07 Å². The molecule has 0 radical (unpaired) electrons. The molecule has 2 N–H and O–H groups in total. The van der Waals surface area contributed by atoms with E-state index in [-0.39, 0.29) is 0 Å². The highest BCUT2D eigenvalue weighted by Crippen LogP contribution is 2.29. The summed E-state index contributed by atoms with van der Waals surface area (Å²) < 4.78 is 0. The minimum absolute atomic E-state index is 0.556. The van der Waals surface area contributed by atoms with Crippen molar-refractivity contribution in [3.63, 3.8) is 0 Å². The maximum absolute atomic E-state index is 5.83. The molecule has 4 nitrogen and oxygen atoms in total. The molecule has 0 saturated heterocycles. The zero-order chi connectivity index (χ0) is 13.1. The minimum atomic E-state index is 0.556. The molecule has 5 heteroatoms. The number of anilines is 2. The van der Waals surface area contributed by atoms with Crippen LogP contribution in [0.2, 0.25) is 0 Å². The van der Waals surface area contributed by atoms with Crippen molar-refractivity contribution in [2.24, 2.45) is 5.92 Å². The van der Waals surface area contributed by atoms with Gasteiger partial charge in [0.15, 0.2) is 5.16 Å². The van der Waals surface area contributed by atoms with Crippen LogP contribution in [0.15, 0.2) is 11.2 Å². The van der Waals surface area contributed by atoms with Gasteiger partial charge in [-0.1, -0.05) is 18.7 Å². The third-order valence-corrected chi connectivity index (χ3v) is 4.34. The summed E-state index contributed by atoms with van der Waals surface area (Å²) in [5.74, 6) is 2.37. The van der Waals surface area contributed by atoms with Crippen molar-refractivity contribution < 1.29 is 0 Å². The Kier molecular flexibility index (Phi) is 4.32. The number of aromatic nitrogens is 2. The first-order valence-electron chi connectivity index (χ1n) is 6.51. The molecule has 1 fully saturated rings. The standard InChI is InChI=1S/C13H22N4S/c1-9-4-6-10(7-5-9)17(2)12-8-11(14)15-13(16-12)18-3/h8-10H,4-7H2,1-3H3,(H2,14,15,16). The highest BCUT2D eigenvalue weighted by atomic mass is 32.2. The summed E-state index contributed by atoms with van der Waals surface area (Å²) in [4.78, 5) is 11.0. The average Bonchev–Trinajstić information content (AvgIpc) is 2.38. The molecule has 0 aromatic carbocycles. The normalized spacial score (nSPS) is 23.9. The van der Waals surface area contributed by atoms with Crippen molar-refractivity contribution in [1.29, 1.82) is 0 Å². The lowest BCUT2D eigenvalue weighted by Gasteiger charge is -2.34. The first-order valence-corrected chi connectivity index (χ1v) is 7.74. The Morgan fingerprint density at radius 2 is 1.94 bits per heavy atom. The molecule has 1 aliphatic carbocycles. The Labute approximate surface area is 113 Å². The second-order valence-electron chi connectivity index (χ2n) is 5.16. The second-order valence-corrected chi connectivity index (χ2v) is 5.94. The molecule has 0 spiro atoms. The van der Waals surface area contributed by atoms with Crippen molar-refractivity contribution >= 4 is 23.4 Å². The van der Waals surface area contributed by atoms with E-state index in [1.165, 1.54) is 37.4 Å². The van der Waals surface area contributed by atoms with Crippen LogP contribution in [0.4, 0.5) is 11.6 Å². The van der Waals surface area contributed by atoms with Crippen LogP contribution in [0.25, 0.3) is 0 Å². The number of thioether (sulfide) groups is 1. The molecule has 1 heterocycles. The predicted molar refractivity (Wildman–Crippen MR) is 78.0 cm³/mol. The van der Waals surface area contributed by atoms with Crippen LogP contribution < -0.4 is 10.6 Å². The zero-order valence-corrected chi connectivity index (χ0v) is 12.2. The predicted octanol–water partition coefficient (Wildman–Crippen LogP) is 2.80. The van der Waals surface area contributed by atoms with Crippen LogP contribution in [0.5, 0.6) is 0 Å². The summed E-state index contributed by atoms with van der Waals surface area (Å²) in [6.07, 6.45) is 7.09. The van der Waals surface area contributed by atoms with Gasteiger partial charge in [-0.3, -0.25) is 0 Å². The lowest BCUT2D eigenvalue weighted by atomic mass is 9.87. The number of nitrogens with two attached hydrogens (primary N) is 1. The van der Waals surface area contributed by atoms with Gasteiger partial charge < -0.3 is 10.6 Å². The van der Waals surface area contributed by atoms with Crippen molar-refractivity contribution in [3.8, 4) is 0 Å². The molecule has 0 unspecified atom stereocenters.